The standard InChI is InChI=1S/C9H19B/c1-3-9(2,10)8-6-4-5-7-8/h8H,3-7,10H2,1-2H3. The zero-order valence-corrected chi connectivity index (χ0v) is 7.61. The molecule has 0 radical (unpaired) electrons. The number of rotatable bonds is 2. The maximum absolute atomic E-state index is 2.42. The number of hydrogen-bond donors (Lipinski definition) is 0. The highest BCUT2D eigenvalue weighted by molar-refractivity contribution is 6.15. The Balaban J connectivity index is 2.45. The van der Waals surface area contributed by atoms with E-state index < -0.39 is 0 Å². The molecular formula is C9H19B. The molecule has 1 aliphatic carbocycles. The van der Waals surface area contributed by atoms with E-state index in [0.717, 1.165) is 5.92 Å². The fraction of sp³-hybridized carbons (Fsp3) is 1.00. The molecule has 1 heteroatoms. The van der Waals surface area contributed by atoms with Crippen LogP contribution in [0.4, 0.5) is 0 Å². The van der Waals surface area contributed by atoms with Gasteiger partial charge in [-0.2, -0.15) is 0 Å². The van der Waals surface area contributed by atoms with Crippen molar-refractivity contribution in [1.29, 1.82) is 0 Å². The quantitative estimate of drug-likeness (QED) is 0.514. The minimum Gasteiger partial charge on any atom is -0.0667 e. The fourth-order valence-corrected chi connectivity index (χ4v) is 2.00. The average Bonchev–Trinajstić information content (AvgIpc) is 2.38. The topological polar surface area (TPSA) is 0 Å². The Morgan fingerprint density at radius 1 is 1.40 bits per heavy atom. The van der Waals surface area contributed by atoms with Crippen LogP contribution in [0.3, 0.4) is 0 Å². The first-order chi connectivity index (χ1) is 4.67. The summed E-state index contributed by atoms with van der Waals surface area (Å²) in [4.78, 5) is 0. The summed E-state index contributed by atoms with van der Waals surface area (Å²) in [6.07, 6.45) is 7.28. The highest BCUT2D eigenvalue weighted by Gasteiger charge is 2.29. The molecule has 0 aliphatic heterocycles. The fourth-order valence-electron chi connectivity index (χ4n) is 2.00. The van der Waals surface area contributed by atoms with Gasteiger partial charge in [0.05, 0.1) is 0 Å². The van der Waals surface area contributed by atoms with Crippen LogP contribution in [0.15, 0.2) is 0 Å². The van der Waals surface area contributed by atoms with Gasteiger partial charge in [-0.15, -0.1) is 0 Å². The van der Waals surface area contributed by atoms with E-state index in [1.807, 2.05) is 0 Å². The molecule has 1 saturated carbocycles. The first-order valence-electron chi connectivity index (χ1n) is 4.67. The van der Waals surface area contributed by atoms with E-state index in [4.69, 9.17) is 0 Å². The Bertz CT molecular complexity index is 101. The van der Waals surface area contributed by atoms with Crippen molar-refractivity contribution in [1.82, 2.24) is 0 Å². The smallest absolute Gasteiger partial charge is 0.0667 e. The molecule has 0 N–H and O–H groups in total. The van der Waals surface area contributed by atoms with Crippen molar-refractivity contribution in [2.24, 2.45) is 5.92 Å². The Morgan fingerprint density at radius 3 is 2.30 bits per heavy atom. The third kappa shape index (κ3) is 1.56. The van der Waals surface area contributed by atoms with E-state index in [9.17, 15) is 0 Å². The van der Waals surface area contributed by atoms with Crippen molar-refractivity contribution in [2.75, 3.05) is 0 Å². The number of hydrogen-bond acceptors (Lipinski definition) is 0. The summed E-state index contributed by atoms with van der Waals surface area (Å²) in [6, 6.07) is 0. The van der Waals surface area contributed by atoms with Crippen molar-refractivity contribution in [3.8, 4) is 0 Å². The lowest BCUT2D eigenvalue weighted by molar-refractivity contribution is 0.379. The van der Waals surface area contributed by atoms with Crippen LogP contribution in [0.2, 0.25) is 5.31 Å². The maximum Gasteiger partial charge on any atom is 0.109 e. The summed E-state index contributed by atoms with van der Waals surface area (Å²) in [6.45, 7) is 4.74. The lowest BCUT2D eigenvalue weighted by Crippen LogP contribution is -2.16. The largest absolute Gasteiger partial charge is 0.109 e. The van der Waals surface area contributed by atoms with E-state index in [0.29, 0.717) is 5.31 Å². The summed E-state index contributed by atoms with van der Waals surface area (Å²) >= 11 is 0. The molecular weight excluding hydrogens is 119 g/mol. The molecule has 0 aromatic heterocycles. The van der Waals surface area contributed by atoms with E-state index >= 15 is 0 Å². The third-order valence-corrected chi connectivity index (χ3v) is 3.37. The molecule has 58 valence electrons. The Morgan fingerprint density at radius 2 is 1.90 bits per heavy atom. The molecule has 0 aromatic rings. The molecule has 0 aromatic carbocycles. The molecule has 10 heavy (non-hydrogen) atoms. The minimum absolute atomic E-state index is 0.622. The van der Waals surface area contributed by atoms with Crippen LogP contribution in [-0.4, -0.2) is 7.85 Å². The van der Waals surface area contributed by atoms with E-state index in [1.165, 1.54) is 32.1 Å². The van der Waals surface area contributed by atoms with Gasteiger partial charge in [0.1, 0.15) is 7.85 Å². The third-order valence-electron chi connectivity index (χ3n) is 3.37. The molecule has 0 saturated heterocycles. The molecule has 0 nitrogen and oxygen atoms in total. The second kappa shape index (κ2) is 2.98. The molecule has 1 rings (SSSR count). The van der Waals surface area contributed by atoms with Gasteiger partial charge in [0.15, 0.2) is 0 Å². The van der Waals surface area contributed by atoms with E-state index in [-0.39, 0.29) is 0 Å². The summed E-state index contributed by atoms with van der Waals surface area (Å²) in [7, 11) is 2.42. The molecule has 0 bridgehead atoms. The Hall–Kier alpha value is 0.0649. The van der Waals surface area contributed by atoms with E-state index in [2.05, 4.69) is 21.7 Å². The van der Waals surface area contributed by atoms with Crippen molar-refractivity contribution >= 4 is 7.85 Å². The van der Waals surface area contributed by atoms with Crippen LogP contribution < -0.4 is 0 Å². The highest BCUT2D eigenvalue weighted by atomic mass is 14.3. The summed E-state index contributed by atoms with van der Waals surface area (Å²) < 4.78 is 0. The first-order valence-corrected chi connectivity index (χ1v) is 4.67. The van der Waals surface area contributed by atoms with Gasteiger partial charge in [0.2, 0.25) is 0 Å². The van der Waals surface area contributed by atoms with Crippen LogP contribution in [0.25, 0.3) is 0 Å². The SMILES string of the molecule is BC(C)(CC)C1CCCC1. The van der Waals surface area contributed by atoms with Gasteiger partial charge in [0.25, 0.3) is 0 Å². The first kappa shape index (κ1) is 8.16. The maximum atomic E-state index is 2.42. The van der Waals surface area contributed by atoms with Crippen LogP contribution in [0.5, 0.6) is 0 Å². The zero-order chi connectivity index (χ0) is 7.61. The molecule has 1 aliphatic rings. The van der Waals surface area contributed by atoms with E-state index in [1.54, 1.807) is 0 Å². The van der Waals surface area contributed by atoms with Crippen LogP contribution in [-0.2, 0) is 0 Å². The molecule has 1 fully saturated rings. The summed E-state index contributed by atoms with van der Waals surface area (Å²) in [5, 5.41) is 0.622. The van der Waals surface area contributed by atoms with Crippen LogP contribution in [0.1, 0.15) is 46.0 Å². The lowest BCUT2D eigenvalue weighted by atomic mass is 9.60. The van der Waals surface area contributed by atoms with Gasteiger partial charge in [-0.25, -0.2) is 0 Å². The van der Waals surface area contributed by atoms with Crippen LogP contribution in [0, 0.1) is 5.92 Å². The van der Waals surface area contributed by atoms with Gasteiger partial charge < -0.3 is 0 Å². The predicted molar refractivity (Wildman–Crippen MR) is 49.2 cm³/mol. The zero-order valence-electron chi connectivity index (χ0n) is 7.61. The highest BCUT2D eigenvalue weighted by Crippen LogP contribution is 2.44. The summed E-state index contributed by atoms with van der Waals surface area (Å²) in [5.74, 6) is 1.03. The van der Waals surface area contributed by atoms with Gasteiger partial charge in [-0.1, -0.05) is 51.3 Å². The van der Waals surface area contributed by atoms with Crippen molar-refractivity contribution in [3.63, 3.8) is 0 Å². The molecule has 0 spiro atoms. The minimum atomic E-state index is 0.622. The van der Waals surface area contributed by atoms with Crippen molar-refractivity contribution in [2.45, 2.75) is 51.3 Å². The average molecular weight is 138 g/mol. The predicted octanol–water partition coefficient (Wildman–Crippen LogP) is 2.40. The molecule has 0 heterocycles. The Labute approximate surface area is 65.8 Å². The molecule has 0 amide bonds. The second-order valence-electron chi connectivity index (χ2n) is 4.32. The van der Waals surface area contributed by atoms with Gasteiger partial charge in [-0.3, -0.25) is 0 Å². The Kier molecular flexibility index (Phi) is 2.43. The molecule has 1 atom stereocenters. The molecule has 1 unspecified atom stereocenters. The normalized spacial score (nSPS) is 26.6. The van der Waals surface area contributed by atoms with Gasteiger partial charge in [-0.05, 0) is 5.92 Å². The second-order valence-corrected chi connectivity index (χ2v) is 4.32. The van der Waals surface area contributed by atoms with Gasteiger partial charge in [0, 0.05) is 0 Å². The monoisotopic (exact) mass is 138 g/mol. The van der Waals surface area contributed by atoms with Crippen molar-refractivity contribution in [3.05, 3.63) is 0 Å². The van der Waals surface area contributed by atoms with Crippen LogP contribution >= 0.6 is 0 Å². The summed E-state index contributed by atoms with van der Waals surface area (Å²) in [5.41, 5.74) is 0. The van der Waals surface area contributed by atoms with Gasteiger partial charge >= 0.3 is 0 Å². The van der Waals surface area contributed by atoms with Crippen molar-refractivity contribution < 1.29 is 0 Å². The lowest BCUT2D eigenvalue weighted by Gasteiger charge is -2.30.